The maximum absolute atomic E-state index is 2.33. The molecule has 1 unspecified atom stereocenters. The van der Waals surface area contributed by atoms with Crippen LogP contribution in [0.15, 0.2) is 54.4 Å². The largest absolute Gasteiger partial charge is 0.356 e. The number of aryl methyl sites for hydroxylation is 1. The Balaban J connectivity index is 2.06. The molecule has 3 rings (SSSR count). The molecule has 0 radical (unpaired) electrons. The summed E-state index contributed by atoms with van der Waals surface area (Å²) >= 11 is 0. The third-order valence-electron chi connectivity index (χ3n) is 3.64. The van der Waals surface area contributed by atoms with Gasteiger partial charge in [0.2, 0.25) is 0 Å². The molecule has 0 spiro atoms. The van der Waals surface area contributed by atoms with E-state index < -0.39 is 0 Å². The van der Waals surface area contributed by atoms with Crippen LogP contribution >= 0.6 is 0 Å². The molecule has 0 N–H and O–H groups in total. The van der Waals surface area contributed by atoms with Gasteiger partial charge in [0.1, 0.15) is 6.17 Å². The molecule has 2 heterocycles. The van der Waals surface area contributed by atoms with E-state index in [-0.39, 0.29) is 0 Å². The van der Waals surface area contributed by atoms with E-state index in [1.807, 2.05) is 0 Å². The molecule has 2 aliphatic rings. The number of nitrogens with zero attached hydrogens (tertiary/aromatic N) is 2. The van der Waals surface area contributed by atoms with Gasteiger partial charge in [-0.05, 0) is 31.1 Å². The third-order valence-corrected chi connectivity index (χ3v) is 3.64. The summed E-state index contributed by atoms with van der Waals surface area (Å²) in [6, 6.07) is 8.76. The van der Waals surface area contributed by atoms with E-state index in [0.717, 1.165) is 0 Å². The van der Waals surface area contributed by atoms with Crippen LogP contribution in [0.3, 0.4) is 0 Å². The Morgan fingerprint density at radius 1 is 1.00 bits per heavy atom. The molecule has 92 valence electrons. The number of hydrogen-bond donors (Lipinski definition) is 0. The lowest BCUT2D eigenvalue weighted by atomic mass is 10.0. The molecular weight excluding hydrogens is 220 g/mol. The number of fused-ring (bicyclic) bond motifs is 1. The van der Waals surface area contributed by atoms with Crippen LogP contribution in [0.2, 0.25) is 0 Å². The van der Waals surface area contributed by atoms with Crippen molar-refractivity contribution in [1.29, 1.82) is 0 Å². The standard InChI is InChI=1S/C16H18N2/c1-12-4-7-14(8-5-12)16-13(2)6-9-15-17(3)10-11-18(15)16/h4-11,15H,1-3H3. The van der Waals surface area contributed by atoms with Gasteiger partial charge >= 0.3 is 0 Å². The maximum atomic E-state index is 2.33. The fourth-order valence-electron chi connectivity index (χ4n) is 2.59. The predicted molar refractivity (Wildman–Crippen MR) is 75.4 cm³/mol. The highest BCUT2D eigenvalue weighted by molar-refractivity contribution is 5.72. The highest BCUT2D eigenvalue weighted by Crippen LogP contribution is 2.34. The third kappa shape index (κ3) is 1.65. The van der Waals surface area contributed by atoms with Crippen molar-refractivity contribution in [3.05, 3.63) is 65.5 Å². The number of allylic oxidation sites excluding steroid dienone is 2. The number of benzene rings is 1. The molecule has 1 aromatic rings. The van der Waals surface area contributed by atoms with Gasteiger partial charge in [0, 0.05) is 19.4 Å². The number of hydrogen-bond acceptors (Lipinski definition) is 2. The topological polar surface area (TPSA) is 6.48 Å². The molecule has 18 heavy (non-hydrogen) atoms. The van der Waals surface area contributed by atoms with Crippen molar-refractivity contribution in [3.63, 3.8) is 0 Å². The second kappa shape index (κ2) is 4.05. The number of likely N-dealkylation sites (N-methyl/N-ethyl adjacent to an activating group) is 1. The van der Waals surface area contributed by atoms with Crippen LogP contribution in [0.4, 0.5) is 0 Å². The quantitative estimate of drug-likeness (QED) is 0.740. The minimum Gasteiger partial charge on any atom is -0.356 e. The van der Waals surface area contributed by atoms with Crippen LogP contribution in [-0.2, 0) is 0 Å². The van der Waals surface area contributed by atoms with Gasteiger partial charge < -0.3 is 9.80 Å². The average molecular weight is 238 g/mol. The second-order valence-electron chi connectivity index (χ2n) is 5.04. The van der Waals surface area contributed by atoms with Gasteiger partial charge in [-0.25, -0.2) is 0 Å². The Hall–Kier alpha value is -1.96. The monoisotopic (exact) mass is 238 g/mol. The second-order valence-corrected chi connectivity index (χ2v) is 5.04. The van der Waals surface area contributed by atoms with Crippen molar-refractivity contribution >= 4 is 5.70 Å². The molecule has 2 heteroatoms. The van der Waals surface area contributed by atoms with Crippen molar-refractivity contribution in [2.75, 3.05) is 7.05 Å². The van der Waals surface area contributed by atoms with Gasteiger partial charge in [0.15, 0.2) is 0 Å². The van der Waals surface area contributed by atoms with Gasteiger partial charge in [0.25, 0.3) is 0 Å². The lowest BCUT2D eigenvalue weighted by Crippen LogP contribution is -2.35. The first-order valence-corrected chi connectivity index (χ1v) is 6.31. The Morgan fingerprint density at radius 3 is 2.44 bits per heavy atom. The average Bonchev–Trinajstić information content (AvgIpc) is 2.73. The van der Waals surface area contributed by atoms with Gasteiger partial charge in [0.05, 0.1) is 5.70 Å². The van der Waals surface area contributed by atoms with E-state index in [4.69, 9.17) is 0 Å². The molecule has 0 bridgehead atoms. The van der Waals surface area contributed by atoms with E-state index in [1.165, 1.54) is 22.4 Å². The highest BCUT2D eigenvalue weighted by Gasteiger charge is 2.28. The molecule has 0 amide bonds. The summed E-state index contributed by atoms with van der Waals surface area (Å²) in [7, 11) is 2.11. The molecule has 2 nitrogen and oxygen atoms in total. The van der Waals surface area contributed by atoms with Crippen molar-refractivity contribution in [1.82, 2.24) is 9.80 Å². The summed E-state index contributed by atoms with van der Waals surface area (Å²) in [5, 5.41) is 0. The van der Waals surface area contributed by atoms with Crippen LogP contribution in [-0.4, -0.2) is 23.0 Å². The summed E-state index contributed by atoms with van der Waals surface area (Å²) in [6.07, 6.45) is 9.08. The smallest absolute Gasteiger partial charge is 0.125 e. The van der Waals surface area contributed by atoms with E-state index in [9.17, 15) is 0 Å². The zero-order valence-corrected chi connectivity index (χ0v) is 11.1. The van der Waals surface area contributed by atoms with E-state index in [2.05, 4.69) is 79.5 Å². The minimum atomic E-state index is 0.324. The van der Waals surface area contributed by atoms with Crippen molar-refractivity contribution in [3.8, 4) is 0 Å². The van der Waals surface area contributed by atoms with Crippen LogP contribution in [0.5, 0.6) is 0 Å². The summed E-state index contributed by atoms with van der Waals surface area (Å²) in [5.74, 6) is 0. The fraction of sp³-hybridized carbons (Fsp3) is 0.250. The Bertz CT molecular complexity index is 549. The summed E-state index contributed by atoms with van der Waals surface area (Å²) < 4.78 is 0. The van der Waals surface area contributed by atoms with Crippen molar-refractivity contribution < 1.29 is 0 Å². The lowest BCUT2D eigenvalue weighted by Gasteiger charge is -2.34. The molecule has 0 saturated carbocycles. The summed E-state index contributed by atoms with van der Waals surface area (Å²) in [4.78, 5) is 4.55. The normalized spacial score (nSPS) is 21.8. The first-order valence-electron chi connectivity index (χ1n) is 6.31. The van der Waals surface area contributed by atoms with Crippen molar-refractivity contribution in [2.45, 2.75) is 20.0 Å². The number of rotatable bonds is 1. The predicted octanol–water partition coefficient (Wildman–Crippen LogP) is 3.34. The molecule has 1 aromatic carbocycles. The molecule has 1 atom stereocenters. The zero-order chi connectivity index (χ0) is 12.7. The molecule has 0 aliphatic carbocycles. The molecule has 0 fully saturated rings. The molecule has 0 aromatic heterocycles. The van der Waals surface area contributed by atoms with E-state index >= 15 is 0 Å². The van der Waals surface area contributed by atoms with Gasteiger partial charge in [-0.15, -0.1) is 0 Å². The minimum absolute atomic E-state index is 0.324. The van der Waals surface area contributed by atoms with Gasteiger partial charge in [-0.1, -0.05) is 35.9 Å². The Labute approximate surface area is 109 Å². The van der Waals surface area contributed by atoms with Crippen LogP contribution in [0, 0.1) is 6.92 Å². The molecule has 0 saturated heterocycles. The Kier molecular flexibility index (Phi) is 2.51. The fourth-order valence-corrected chi connectivity index (χ4v) is 2.59. The van der Waals surface area contributed by atoms with Crippen LogP contribution < -0.4 is 0 Å². The summed E-state index contributed by atoms with van der Waals surface area (Å²) in [5.41, 5.74) is 5.21. The van der Waals surface area contributed by atoms with E-state index in [1.54, 1.807) is 0 Å². The van der Waals surface area contributed by atoms with Gasteiger partial charge in [-0.3, -0.25) is 0 Å². The maximum Gasteiger partial charge on any atom is 0.125 e. The Morgan fingerprint density at radius 2 is 1.72 bits per heavy atom. The molecule has 2 aliphatic heterocycles. The first-order chi connectivity index (χ1) is 8.66. The highest BCUT2D eigenvalue weighted by atomic mass is 15.4. The summed E-state index contributed by atoms with van der Waals surface area (Å²) in [6.45, 7) is 4.30. The SMILES string of the molecule is CC1=C(c2ccc(C)cc2)N2C=CN(C)C2C=C1. The zero-order valence-electron chi connectivity index (χ0n) is 11.1. The molecular formula is C16H18N2. The van der Waals surface area contributed by atoms with Gasteiger partial charge in [-0.2, -0.15) is 0 Å². The van der Waals surface area contributed by atoms with Crippen LogP contribution in [0.25, 0.3) is 5.70 Å². The van der Waals surface area contributed by atoms with E-state index in [0.29, 0.717) is 6.17 Å². The first kappa shape index (κ1) is 11.1. The van der Waals surface area contributed by atoms with Crippen molar-refractivity contribution in [2.24, 2.45) is 0 Å². The van der Waals surface area contributed by atoms with Crippen LogP contribution in [0.1, 0.15) is 18.1 Å². The lowest BCUT2D eigenvalue weighted by molar-refractivity contribution is 0.285.